The van der Waals surface area contributed by atoms with E-state index < -0.39 is 16.9 Å². The Labute approximate surface area is 151 Å². The summed E-state index contributed by atoms with van der Waals surface area (Å²) >= 11 is 0. The van der Waals surface area contributed by atoms with Crippen LogP contribution in [0.5, 0.6) is 5.75 Å². The number of rotatable bonds is 7. The van der Waals surface area contributed by atoms with Gasteiger partial charge in [-0.25, -0.2) is 0 Å². The predicted molar refractivity (Wildman–Crippen MR) is 97.7 cm³/mol. The van der Waals surface area contributed by atoms with Gasteiger partial charge in [-0.15, -0.1) is 0 Å². The zero-order valence-corrected chi connectivity index (χ0v) is 14.8. The van der Waals surface area contributed by atoms with Gasteiger partial charge in [-0.2, -0.15) is 0 Å². The van der Waals surface area contributed by atoms with Crippen LogP contribution in [0.2, 0.25) is 0 Å². The summed E-state index contributed by atoms with van der Waals surface area (Å²) in [5.74, 6) is -0.271. The number of benzene rings is 2. The molecule has 0 radical (unpaired) electrons. The Morgan fingerprint density at radius 3 is 2.50 bits per heavy atom. The highest BCUT2D eigenvalue weighted by molar-refractivity contribution is 5.95. The van der Waals surface area contributed by atoms with Gasteiger partial charge in [0.1, 0.15) is 6.29 Å². The van der Waals surface area contributed by atoms with E-state index in [2.05, 4.69) is 5.32 Å². The van der Waals surface area contributed by atoms with E-state index in [1.54, 1.807) is 6.07 Å². The normalized spacial score (nSPS) is 11.7. The molecule has 1 amide bonds. The summed E-state index contributed by atoms with van der Waals surface area (Å²) in [5, 5.41) is 14.0. The molecule has 0 saturated carbocycles. The number of carbonyl (C=O) groups excluding carboxylic acids is 2. The van der Waals surface area contributed by atoms with Crippen LogP contribution in [0, 0.1) is 10.1 Å². The molecule has 0 unspecified atom stereocenters. The van der Waals surface area contributed by atoms with Gasteiger partial charge in [-0.1, -0.05) is 32.0 Å². The molecule has 26 heavy (non-hydrogen) atoms. The van der Waals surface area contributed by atoms with E-state index in [9.17, 15) is 19.7 Å². The van der Waals surface area contributed by atoms with Crippen molar-refractivity contribution in [3.8, 4) is 5.75 Å². The molecule has 2 aromatic carbocycles. The number of amides is 1. The SMILES string of the molecule is CC(C)c1ccccc1NC(=O)[C@@H](C)Oc1ccc(C=O)cc1[N+](=O)[O-]. The number of carbonyl (C=O) groups is 2. The van der Waals surface area contributed by atoms with E-state index in [1.807, 2.05) is 32.0 Å². The second kappa shape index (κ2) is 8.24. The largest absolute Gasteiger partial charge is 0.474 e. The minimum absolute atomic E-state index is 0.0691. The summed E-state index contributed by atoms with van der Waals surface area (Å²) in [7, 11) is 0. The average molecular weight is 356 g/mol. The molecule has 0 aliphatic rings. The number of nitrogens with zero attached hydrogens (tertiary/aromatic N) is 1. The molecule has 136 valence electrons. The topological polar surface area (TPSA) is 98.5 Å². The lowest BCUT2D eigenvalue weighted by molar-refractivity contribution is -0.386. The number of nitro groups is 1. The van der Waals surface area contributed by atoms with Gasteiger partial charge in [-0.05, 0) is 36.6 Å². The van der Waals surface area contributed by atoms with Gasteiger partial charge in [0.2, 0.25) is 0 Å². The van der Waals surface area contributed by atoms with Gasteiger partial charge in [0.25, 0.3) is 5.91 Å². The fourth-order valence-corrected chi connectivity index (χ4v) is 2.44. The van der Waals surface area contributed by atoms with Gasteiger partial charge >= 0.3 is 5.69 Å². The van der Waals surface area contributed by atoms with Crippen molar-refractivity contribution in [1.82, 2.24) is 0 Å². The number of anilines is 1. The molecule has 0 saturated heterocycles. The van der Waals surface area contributed by atoms with Crippen molar-refractivity contribution in [2.24, 2.45) is 0 Å². The van der Waals surface area contributed by atoms with Crippen LogP contribution in [0.1, 0.15) is 42.6 Å². The molecule has 7 heteroatoms. The first-order valence-corrected chi connectivity index (χ1v) is 8.13. The number of aldehydes is 1. The maximum Gasteiger partial charge on any atom is 0.311 e. The van der Waals surface area contributed by atoms with Crippen molar-refractivity contribution in [3.05, 3.63) is 63.7 Å². The first kappa shape index (κ1) is 19.1. The lowest BCUT2D eigenvalue weighted by Gasteiger charge is -2.17. The number of nitrogens with one attached hydrogen (secondary N) is 1. The second-order valence-corrected chi connectivity index (χ2v) is 6.09. The zero-order chi connectivity index (χ0) is 19.3. The molecule has 7 nitrogen and oxygen atoms in total. The van der Waals surface area contributed by atoms with Crippen molar-refractivity contribution in [2.45, 2.75) is 32.8 Å². The maximum absolute atomic E-state index is 12.4. The van der Waals surface area contributed by atoms with E-state index in [1.165, 1.54) is 19.1 Å². The Hall–Kier alpha value is -3.22. The van der Waals surface area contributed by atoms with Crippen molar-refractivity contribution >= 4 is 23.6 Å². The van der Waals surface area contributed by atoms with Gasteiger partial charge < -0.3 is 10.1 Å². The van der Waals surface area contributed by atoms with Crippen LogP contribution in [0.15, 0.2) is 42.5 Å². The van der Waals surface area contributed by atoms with Crippen molar-refractivity contribution in [2.75, 3.05) is 5.32 Å². The molecular weight excluding hydrogens is 336 g/mol. The Morgan fingerprint density at radius 1 is 1.19 bits per heavy atom. The van der Waals surface area contributed by atoms with Crippen LogP contribution in [0.3, 0.4) is 0 Å². The highest BCUT2D eigenvalue weighted by atomic mass is 16.6. The number of ether oxygens (including phenoxy) is 1. The lowest BCUT2D eigenvalue weighted by Crippen LogP contribution is -2.30. The van der Waals surface area contributed by atoms with Crippen LogP contribution in [-0.4, -0.2) is 23.2 Å². The number of hydrogen-bond acceptors (Lipinski definition) is 5. The lowest BCUT2D eigenvalue weighted by atomic mass is 10.0. The van der Waals surface area contributed by atoms with Crippen LogP contribution in [-0.2, 0) is 4.79 Å². The molecule has 0 bridgehead atoms. The minimum Gasteiger partial charge on any atom is -0.474 e. The van der Waals surface area contributed by atoms with Gasteiger partial charge in [-0.3, -0.25) is 19.7 Å². The molecule has 2 rings (SSSR count). The van der Waals surface area contributed by atoms with Crippen LogP contribution < -0.4 is 10.1 Å². The average Bonchev–Trinajstić information content (AvgIpc) is 2.62. The zero-order valence-electron chi connectivity index (χ0n) is 14.8. The molecule has 1 N–H and O–H groups in total. The molecule has 0 fully saturated rings. The van der Waals surface area contributed by atoms with Gasteiger partial charge in [0.05, 0.1) is 4.92 Å². The monoisotopic (exact) mass is 356 g/mol. The van der Waals surface area contributed by atoms with E-state index in [0.29, 0.717) is 12.0 Å². The Bertz CT molecular complexity index is 832. The minimum atomic E-state index is -0.962. The molecular formula is C19H20N2O5. The Morgan fingerprint density at radius 2 is 1.88 bits per heavy atom. The molecule has 1 atom stereocenters. The van der Waals surface area contributed by atoms with Crippen LogP contribution >= 0.6 is 0 Å². The summed E-state index contributed by atoms with van der Waals surface area (Å²) in [6.07, 6.45) is -0.452. The summed E-state index contributed by atoms with van der Waals surface area (Å²) < 4.78 is 5.47. The number of para-hydroxylation sites is 1. The second-order valence-electron chi connectivity index (χ2n) is 6.09. The standard InChI is InChI=1S/C19H20N2O5/c1-12(2)15-6-4-5-7-16(15)20-19(23)13(3)26-18-9-8-14(11-22)10-17(18)21(24)25/h4-13H,1-3H3,(H,20,23)/t13-/m1/s1. The fourth-order valence-electron chi connectivity index (χ4n) is 2.44. The highest BCUT2D eigenvalue weighted by Crippen LogP contribution is 2.29. The third-order valence-electron chi connectivity index (χ3n) is 3.83. The number of nitro benzene ring substituents is 1. The number of hydrogen-bond donors (Lipinski definition) is 1. The van der Waals surface area contributed by atoms with E-state index in [0.717, 1.165) is 11.6 Å². The fraction of sp³-hybridized carbons (Fsp3) is 0.263. The van der Waals surface area contributed by atoms with Crippen molar-refractivity contribution in [3.63, 3.8) is 0 Å². The van der Waals surface area contributed by atoms with E-state index in [-0.39, 0.29) is 22.9 Å². The smallest absolute Gasteiger partial charge is 0.311 e. The molecule has 0 aliphatic carbocycles. The van der Waals surface area contributed by atoms with Crippen molar-refractivity contribution in [1.29, 1.82) is 0 Å². The van der Waals surface area contributed by atoms with Gasteiger partial charge in [0.15, 0.2) is 11.9 Å². The first-order valence-electron chi connectivity index (χ1n) is 8.13. The van der Waals surface area contributed by atoms with Crippen LogP contribution in [0.4, 0.5) is 11.4 Å². The molecule has 0 heterocycles. The third kappa shape index (κ3) is 4.44. The third-order valence-corrected chi connectivity index (χ3v) is 3.83. The van der Waals surface area contributed by atoms with Gasteiger partial charge in [0, 0.05) is 17.3 Å². The van der Waals surface area contributed by atoms with E-state index in [4.69, 9.17) is 4.74 Å². The summed E-state index contributed by atoms with van der Waals surface area (Å²) in [6, 6.07) is 11.2. The molecule has 0 aliphatic heterocycles. The first-order chi connectivity index (χ1) is 12.3. The Kier molecular flexibility index (Phi) is 6.06. The van der Waals surface area contributed by atoms with Crippen LogP contribution in [0.25, 0.3) is 0 Å². The highest BCUT2D eigenvalue weighted by Gasteiger charge is 2.22. The quantitative estimate of drug-likeness (QED) is 0.460. The van der Waals surface area contributed by atoms with Crippen molar-refractivity contribution < 1.29 is 19.2 Å². The Balaban J connectivity index is 2.18. The molecule has 0 aromatic heterocycles. The van der Waals surface area contributed by atoms with E-state index >= 15 is 0 Å². The molecule has 2 aromatic rings. The molecule has 0 spiro atoms. The summed E-state index contributed by atoms with van der Waals surface area (Å²) in [4.78, 5) is 33.7. The summed E-state index contributed by atoms with van der Waals surface area (Å²) in [5.41, 5.74) is 1.45. The maximum atomic E-state index is 12.4. The predicted octanol–water partition coefficient (Wildman–Crippen LogP) is 3.94. The summed E-state index contributed by atoms with van der Waals surface area (Å²) in [6.45, 7) is 5.54.